The van der Waals surface area contributed by atoms with Gasteiger partial charge in [0.1, 0.15) is 18.0 Å². The molecule has 3 rings (SSSR count). The van der Waals surface area contributed by atoms with Crippen LogP contribution >= 0.6 is 0 Å². The Kier molecular flexibility index (Phi) is 5.38. The summed E-state index contributed by atoms with van der Waals surface area (Å²) in [4.78, 5) is 30.6. The van der Waals surface area contributed by atoms with Gasteiger partial charge in [-0.3, -0.25) is 4.79 Å². The van der Waals surface area contributed by atoms with Crippen molar-refractivity contribution in [2.45, 2.75) is 25.6 Å². The molecule has 0 aliphatic rings. The Morgan fingerprint density at radius 2 is 2.07 bits per heavy atom. The molecule has 0 spiro atoms. The van der Waals surface area contributed by atoms with E-state index in [0.717, 1.165) is 6.20 Å². The number of hydrogen-bond donors (Lipinski definition) is 3. The van der Waals surface area contributed by atoms with Gasteiger partial charge in [-0.15, -0.1) is 0 Å². The maximum absolute atomic E-state index is 14.1. The zero-order valence-corrected chi connectivity index (χ0v) is 14.5. The van der Waals surface area contributed by atoms with E-state index >= 15 is 0 Å². The van der Waals surface area contributed by atoms with Crippen molar-refractivity contribution in [3.63, 3.8) is 0 Å². The third kappa shape index (κ3) is 4.32. The fraction of sp³-hybridized carbons (Fsp3) is 0.312. The number of likely N-dealkylation sites (N-methyl/N-ethyl adjacent to an activating group) is 1. The van der Waals surface area contributed by atoms with E-state index in [-0.39, 0.29) is 12.4 Å². The molecule has 1 unspecified atom stereocenters. The minimum atomic E-state index is -4.64. The highest BCUT2D eigenvalue weighted by molar-refractivity contribution is 5.91. The van der Waals surface area contributed by atoms with Gasteiger partial charge in [-0.2, -0.15) is 13.2 Å². The van der Waals surface area contributed by atoms with Crippen molar-refractivity contribution in [1.82, 2.24) is 30.2 Å². The van der Waals surface area contributed by atoms with Crippen LogP contribution in [0, 0.1) is 5.82 Å². The summed E-state index contributed by atoms with van der Waals surface area (Å²) in [6.07, 6.45) is -0.963. The number of nitrogens with one attached hydrogen (secondary N) is 3. The predicted octanol–water partition coefficient (Wildman–Crippen LogP) is 2.42. The molecule has 3 aromatic heterocycles. The van der Waals surface area contributed by atoms with E-state index in [2.05, 4.69) is 35.6 Å². The van der Waals surface area contributed by atoms with Crippen molar-refractivity contribution in [2.75, 3.05) is 11.9 Å². The number of aromatic amines is 1. The molecule has 0 radical (unpaired) electrons. The normalized spacial score (nSPS) is 12.8. The minimum Gasteiger partial charge on any atom is -0.356 e. The molecule has 1 amide bonds. The average molecular weight is 397 g/mol. The molecule has 3 aromatic rings. The van der Waals surface area contributed by atoms with Gasteiger partial charge in [0.2, 0.25) is 5.91 Å². The van der Waals surface area contributed by atoms with Gasteiger partial charge >= 0.3 is 6.18 Å². The summed E-state index contributed by atoms with van der Waals surface area (Å²) in [6, 6.07) is -1.75. The van der Waals surface area contributed by atoms with Crippen LogP contribution < -0.4 is 10.6 Å². The largest absolute Gasteiger partial charge is 0.391 e. The van der Waals surface area contributed by atoms with E-state index in [4.69, 9.17) is 0 Å². The summed E-state index contributed by atoms with van der Waals surface area (Å²) >= 11 is 0. The van der Waals surface area contributed by atoms with E-state index in [1.54, 1.807) is 6.92 Å². The second-order valence-corrected chi connectivity index (χ2v) is 5.79. The van der Waals surface area contributed by atoms with Crippen LogP contribution in [0.2, 0.25) is 0 Å². The molecule has 28 heavy (non-hydrogen) atoms. The third-order valence-electron chi connectivity index (χ3n) is 3.75. The van der Waals surface area contributed by atoms with Crippen LogP contribution in [0.4, 0.5) is 23.4 Å². The number of nitrogens with zero attached hydrogens (tertiary/aromatic N) is 4. The highest BCUT2D eigenvalue weighted by Gasteiger charge is 2.36. The highest BCUT2D eigenvalue weighted by atomic mass is 19.4. The Morgan fingerprint density at radius 3 is 2.79 bits per heavy atom. The summed E-state index contributed by atoms with van der Waals surface area (Å²) in [5, 5.41) is 5.08. The monoisotopic (exact) mass is 397 g/mol. The topological polar surface area (TPSA) is 108 Å². The van der Waals surface area contributed by atoms with Crippen LogP contribution in [0.1, 0.15) is 13.3 Å². The van der Waals surface area contributed by atoms with Crippen molar-refractivity contribution in [3.8, 4) is 11.4 Å². The second-order valence-electron chi connectivity index (χ2n) is 5.79. The van der Waals surface area contributed by atoms with Crippen LogP contribution in [0.5, 0.6) is 0 Å². The lowest BCUT2D eigenvalue weighted by Crippen LogP contribution is -2.42. The first-order valence-electron chi connectivity index (χ1n) is 8.19. The van der Waals surface area contributed by atoms with Gasteiger partial charge in [-0.25, -0.2) is 24.3 Å². The Hall–Kier alpha value is -3.31. The van der Waals surface area contributed by atoms with E-state index in [1.807, 2.05) is 0 Å². The molecule has 0 bridgehead atoms. The lowest BCUT2D eigenvalue weighted by molar-refractivity contribution is -0.146. The molecule has 0 aromatic carbocycles. The summed E-state index contributed by atoms with van der Waals surface area (Å²) < 4.78 is 52.6. The summed E-state index contributed by atoms with van der Waals surface area (Å²) in [7, 11) is 0. The molecule has 1 atom stereocenters. The second kappa shape index (κ2) is 7.74. The molecule has 0 fully saturated rings. The SMILES string of the molecule is CCNC(=O)C(CC(F)(F)F)Nc1nc(-c2c[nH]c3ncncc23)ncc1F. The standard InChI is InChI=1S/C16H15F4N7O/c1-2-22-15(28)11(3-16(18,19)20)26-14-10(17)6-24-13(27-14)9-5-23-12-8(9)4-21-7-25-12/h4-7,11H,2-3H2,1H3,(H,22,28)(H,21,23,25)(H,24,26,27). The lowest BCUT2D eigenvalue weighted by atomic mass is 10.2. The third-order valence-corrected chi connectivity index (χ3v) is 3.75. The number of anilines is 1. The Morgan fingerprint density at radius 1 is 1.29 bits per heavy atom. The molecule has 0 aliphatic carbocycles. The number of hydrogen-bond acceptors (Lipinski definition) is 6. The maximum atomic E-state index is 14.1. The molecule has 148 valence electrons. The summed E-state index contributed by atoms with van der Waals surface area (Å²) in [6.45, 7) is 1.69. The number of aromatic nitrogens is 5. The Labute approximate surface area is 155 Å². The Balaban J connectivity index is 1.94. The smallest absolute Gasteiger partial charge is 0.356 e. The molecule has 0 aliphatic heterocycles. The molecule has 0 saturated carbocycles. The van der Waals surface area contributed by atoms with Gasteiger partial charge < -0.3 is 15.6 Å². The number of carbonyl (C=O) groups excluding carboxylic acids is 1. The molecule has 3 heterocycles. The van der Waals surface area contributed by atoms with Crippen LogP contribution in [0.3, 0.4) is 0 Å². The fourth-order valence-corrected chi connectivity index (χ4v) is 2.55. The molecular weight excluding hydrogens is 382 g/mol. The molecule has 8 nitrogen and oxygen atoms in total. The zero-order chi connectivity index (χ0) is 20.3. The van der Waals surface area contributed by atoms with E-state index in [1.165, 1.54) is 18.7 Å². The minimum absolute atomic E-state index is 0.0339. The van der Waals surface area contributed by atoms with E-state index in [9.17, 15) is 22.4 Å². The number of H-pyrrole nitrogens is 1. The van der Waals surface area contributed by atoms with Crippen molar-refractivity contribution in [2.24, 2.45) is 0 Å². The van der Waals surface area contributed by atoms with Gasteiger partial charge in [0.25, 0.3) is 0 Å². The zero-order valence-electron chi connectivity index (χ0n) is 14.5. The quantitative estimate of drug-likeness (QED) is 0.552. The highest BCUT2D eigenvalue weighted by Crippen LogP contribution is 2.27. The average Bonchev–Trinajstić information content (AvgIpc) is 3.06. The number of rotatable bonds is 6. The van der Waals surface area contributed by atoms with Crippen molar-refractivity contribution in [3.05, 3.63) is 30.7 Å². The first-order valence-corrected chi connectivity index (χ1v) is 8.19. The van der Waals surface area contributed by atoms with Gasteiger partial charge in [0.15, 0.2) is 17.5 Å². The van der Waals surface area contributed by atoms with Crippen LogP contribution in [-0.4, -0.2) is 49.6 Å². The molecular formula is C16H15F4N7O. The van der Waals surface area contributed by atoms with Gasteiger partial charge in [-0.1, -0.05) is 0 Å². The van der Waals surface area contributed by atoms with Crippen molar-refractivity contribution >= 4 is 22.8 Å². The van der Waals surface area contributed by atoms with Gasteiger partial charge in [0, 0.05) is 29.9 Å². The number of alkyl halides is 3. The first kappa shape index (κ1) is 19.5. The molecule has 3 N–H and O–H groups in total. The summed E-state index contributed by atoms with van der Waals surface area (Å²) in [5.41, 5.74) is 0.925. The molecule has 0 saturated heterocycles. The van der Waals surface area contributed by atoms with Gasteiger partial charge in [0.05, 0.1) is 12.6 Å². The maximum Gasteiger partial charge on any atom is 0.391 e. The van der Waals surface area contributed by atoms with Crippen LogP contribution in [0.25, 0.3) is 22.4 Å². The lowest BCUT2D eigenvalue weighted by Gasteiger charge is -2.20. The van der Waals surface area contributed by atoms with E-state index in [0.29, 0.717) is 16.6 Å². The Bertz CT molecular complexity index is 989. The number of halogens is 4. The van der Waals surface area contributed by atoms with Crippen LogP contribution in [0.15, 0.2) is 24.9 Å². The predicted molar refractivity (Wildman–Crippen MR) is 91.6 cm³/mol. The number of amides is 1. The fourth-order valence-electron chi connectivity index (χ4n) is 2.55. The molecule has 12 heteroatoms. The number of carbonyl (C=O) groups is 1. The summed E-state index contributed by atoms with van der Waals surface area (Å²) in [5.74, 6) is -2.39. The number of fused-ring (bicyclic) bond motifs is 1. The van der Waals surface area contributed by atoms with Crippen molar-refractivity contribution in [1.29, 1.82) is 0 Å². The van der Waals surface area contributed by atoms with Gasteiger partial charge in [-0.05, 0) is 6.92 Å². The van der Waals surface area contributed by atoms with Crippen LogP contribution in [-0.2, 0) is 4.79 Å². The first-order chi connectivity index (χ1) is 13.3. The van der Waals surface area contributed by atoms with E-state index < -0.39 is 36.2 Å². The van der Waals surface area contributed by atoms with Crippen molar-refractivity contribution < 1.29 is 22.4 Å².